The van der Waals surface area contributed by atoms with Crippen LogP contribution in [0.1, 0.15) is 5.56 Å². The number of phenolic OH excluding ortho intramolecular Hbond substituents is 1. The second kappa shape index (κ2) is 9.24. The molecule has 2 aromatic carbocycles. The Labute approximate surface area is 207 Å². The first-order chi connectivity index (χ1) is 16.0. The van der Waals surface area contributed by atoms with E-state index >= 15 is 0 Å². The zero-order chi connectivity index (χ0) is 24.9. The number of carboxylic acids is 1. The molecule has 4 rings (SSSR count). The summed E-state index contributed by atoms with van der Waals surface area (Å²) in [6.45, 7) is 3.68. The highest BCUT2D eigenvalue weighted by Crippen LogP contribution is 2.44. The Kier molecular flexibility index (Phi) is 6.68. The number of phenols is 1. The molecule has 0 saturated carbocycles. The lowest BCUT2D eigenvalue weighted by atomic mass is 9.99. The Morgan fingerprint density at radius 1 is 1.18 bits per heavy atom. The van der Waals surface area contributed by atoms with E-state index in [0.717, 1.165) is 6.07 Å². The molecule has 3 aromatic rings. The number of benzene rings is 2. The van der Waals surface area contributed by atoms with Gasteiger partial charge in [-0.15, -0.1) is 0 Å². The fourth-order valence-electron chi connectivity index (χ4n) is 3.40. The summed E-state index contributed by atoms with van der Waals surface area (Å²) < 4.78 is 31.4. The Bertz CT molecular complexity index is 1300. The van der Waals surface area contributed by atoms with Crippen LogP contribution in [0.3, 0.4) is 0 Å². The zero-order valence-corrected chi connectivity index (χ0v) is 20.0. The number of aromatic hydroxyl groups is 1. The number of fused-ring (bicyclic) bond motifs is 1. The number of halogens is 3. The van der Waals surface area contributed by atoms with E-state index < -0.39 is 48.2 Å². The predicted octanol–water partition coefficient (Wildman–Crippen LogP) is 2.78. The normalized spacial score (nSPS) is 24.8. The van der Waals surface area contributed by atoms with Gasteiger partial charge in [0.05, 0.1) is 8.95 Å². The molecule has 34 heavy (non-hydrogen) atoms. The molecule has 1 aromatic heterocycles. The van der Waals surface area contributed by atoms with Gasteiger partial charge in [0.1, 0.15) is 29.6 Å². The second-order valence-corrected chi connectivity index (χ2v) is 8.88. The van der Waals surface area contributed by atoms with E-state index in [-0.39, 0.29) is 32.8 Å². The molecule has 1 fully saturated rings. The Balaban J connectivity index is 1.65. The molecule has 13 heteroatoms. The maximum absolute atomic E-state index is 14.8. The number of hydrogen-bond donors (Lipinski definition) is 5. The molecule has 0 aliphatic carbocycles. The van der Waals surface area contributed by atoms with E-state index in [1.165, 1.54) is 18.2 Å². The number of ether oxygens (including phenoxy) is 2. The lowest BCUT2D eigenvalue weighted by Crippen LogP contribution is -2.61. The number of aromatic nitrogens is 1. The van der Waals surface area contributed by atoms with Crippen molar-refractivity contribution in [3.8, 4) is 23.0 Å². The van der Waals surface area contributed by atoms with Crippen molar-refractivity contribution in [3.05, 3.63) is 45.1 Å². The number of aliphatic hydroxyl groups excluding tert-OH is 3. The van der Waals surface area contributed by atoms with E-state index in [4.69, 9.17) is 19.0 Å². The van der Waals surface area contributed by atoms with Gasteiger partial charge >= 0.3 is 5.97 Å². The minimum Gasteiger partial charge on any atom is -0.505 e. The molecule has 1 aliphatic heterocycles. The van der Waals surface area contributed by atoms with Crippen molar-refractivity contribution in [2.45, 2.75) is 30.7 Å². The molecule has 0 unspecified atom stereocenters. The minimum atomic E-state index is -1.90. The van der Waals surface area contributed by atoms with Gasteiger partial charge in [-0.3, -0.25) is 0 Å². The van der Waals surface area contributed by atoms with Crippen LogP contribution in [0.4, 0.5) is 4.39 Å². The highest BCUT2D eigenvalue weighted by molar-refractivity contribution is 9.11. The van der Waals surface area contributed by atoms with Crippen LogP contribution >= 0.6 is 31.9 Å². The summed E-state index contributed by atoms with van der Waals surface area (Å²) in [6, 6.07) is 3.57. The van der Waals surface area contributed by atoms with Gasteiger partial charge in [-0.25, -0.2) is 14.2 Å². The van der Waals surface area contributed by atoms with E-state index in [0.29, 0.717) is 10.0 Å². The van der Waals surface area contributed by atoms with Crippen LogP contribution in [0.5, 0.6) is 11.5 Å². The van der Waals surface area contributed by atoms with Crippen LogP contribution in [0.15, 0.2) is 38.1 Å². The molecule has 0 amide bonds. The van der Waals surface area contributed by atoms with Crippen LogP contribution in [-0.4, -0.2) is 67.2 Å². The summed E-state index contributed by atoms with van der Waals surface area (Å²) in [5.74, 6) is -3.06. The predicted molar refractivity (Wildman–Crippen MR) is 122 cm³/mol. The topological polar surface area (TPSA) is 163 Å². The molecular formula is C21H16Br2FNO9. The van der Waals surface area contributed by atoms with E-state index in [2.05, 4.69) is 43.4 Å². The van der Waals surface area contributed by atoms with Gasteiger partial charge in [0.2, 0.25) is 12.2 Å². The largest absolute Gasteiger partial charge is 0.505 e. The van der Waals surface area contributed by atoms with Crippen molar-refractivity contribution in [3.63, 3.8) is 0 Å². The monoisotopic (exact) mass is 603 g/mol. The summed E-state index contributed by atoms with van der Waals surface area (Å²) in [4.78, 5) is 15.5. The first-order valence-electron chi connectivity index (χ1n) is 9.57. The van der Waals surface area contributed by atoms with E-state index in [9.17, 15) is 29.6 Å². The van der Waals surface area contributed by atoms with Crippen LogP contribution in [0, 0.1) is 5.82 Å². The van der Waals surface area contributed by atoms with E-state index in [1.807, 2.05) is 0 Å². The average molecular weight is 605 g/mol. The highest BCUT2D eigenvalue weighted by atomic mass is 79.9. The van der Waals surface area contributed by atoms with Crippen LogP contribution in [0.2, 0.25) is 0 Å². The Hall–Kier alpha value is -2.55. The summed E-state index contributed by atoms with van der Waals surface area (Å²) in [7, 11) is 0. The molecule has 5 atom stereocenters. The smallest absolute Gasteiger partial charge is 0.335 e. The van der Waals surface area contributed by atoms with Gasteiger partial charge in [-0.05, 0) is 50.1 Å². The molecule has 0 bridgehead atoms. The third-order valence-corrected chi connectivity index (χ3v) is 6.72. The molecule has 10 nitrogen and oxygen atoms in total. The second-order valence-electron chi connectivity index (χ2n) is 7.29. The number of carboxylic acid groups (broad SMARTS) is 1. The number of aliphatic carboxylic acids is 1. The van der Waals surface area contributed by atoms with Gasteiger partial charge in [-0.2, -0.15) is 0 Å². The minimum absolute atomic E-state index is 0.0141. The fraction of sp³-hybridized carbons (Fsp3) is 0.238. The van der Waals surface area contributed by atoms with Crippen molar-refractivity contribution >= 4 is 55.0 Å². The van der Waals surface area contributed by atoms with E-state index in [1.54, 1.807) is 0 Å². The molecule has 0 radical (unpaired) electrons. The van der Waals surface area contributed by atoms with Crippen LogP contribution in [-0.2, 0) is 9.53 Å². The molecule has 180 valence electrons. The third kappa shape index (κ3) is 4.08. The SMILES string of the molecule is C=Cc1c(Br)c(O)c(Br)c2nc(-c3ccc(O[C@@H]4O[C@H](C(=O)O)[C@@H](O)[C@H](O)[C@H]4O)c(F)c3)oc12. The molecule has 1 saturated heterocycles. The van der Waals surface area contributed by atoms with Gasteiger partial charge in [0, 0.05) is 11.1 Å². The molecule has 5 N–H and O–H groups in total. The van der Waals surface area contributed by atoms with Crippen LogP contribution in [0.25, 0.3) is 28.6 Å². The number of hydrogen-bond acceptors (Lipinski definition) is 9. The molecule has 1 aliphatic rings. The summed E-state index contributed by atoms with van der Waals surface area (Å²) >= 11 is 6.50. The van der Waals surface area contributed by atoms with Gasteiger partial charge in [0.15, 0.2) is 23.3 Å². The first kappa shape index (κ1) is 24.6. The average Bonchev–Trinajstić information content (AvgIpc) is 3.24. The Morgan fingerprint density at radius 3 is 2.50 bits per heavy atom. The van der Waals surface area contributed by atoms with Crippen molar-refractivity contribution in [2.24, 2.45) is 0 Å². The number of rotatable bonds is 5. The molecule has 0 spiro atoms. The van der Waals surface area contributed by atoms with Crippen molar-refractivity contribution in [1.82, 2.24) is 4.98 Å². The maximum Gasteiger partial charge on any atom is 0.335 e. The number of oxazole rings is 1. The summed E-state index contributed by atoms with van der Waals surface area (Å²) in [5, 5.41) is 49.0. The third-order valence-electron chi connectivity index (χ3n) is 5.17. The highest BCUT2D eigenvalue weighted by Gasteiger charge is 2.48. The van der Waals surface area contributed by atoms with Gasteiger partial charge in [-0.1, -0.05) is 12.7 Å². The number of aliphatic hydroxyl groups is 3. The lowest BCUT2D eigenvalue weighted by Gasteiger charge is -2.38. The van der Waals surface area contributed by atoms with Crippen LogP contribution < -0.4 is 4.74 Å². The summed E-state index contributed by atoms with van der Waals surface area (Å²) in [6.07, 6.45) is -7.85. The fourth-order valence-corrected chi connectivity index (χ4v) is 4.67. The summed E-state index contributed by atoms with van der Waals surface area (Å²) in [5.41, 5.74) is 1.19. The quantitative estimate of drug-likeness (QED) is 0.293. The Morgan fingerprint density at radius 2 is 1.88 bits per heavy atom. The van der Waals surface area contributed by atoms with Crippen molar-refractivity contribution in [1.29, 1.82) is 0 Å². The van der Waals surface area contributed by atoms with Crippen molar-refractivity contribution < 1.29 is 48.6 Å². The van der Waals surface area contributed by atoms with Gasteiger partial charge < -0.3 is 39.4 Å². The van der Waals surface area contributed by atoms with Crippen molar-refractivity contribution in [2.75, 3.05) is 0 Å². The maximum atomic E-state index is 14.8. The number of carbonyl (C=O) groups is 1. The zero-order valence-electron chi connectivity index (χ0n) is 16.9. The number of nitrogens with zero attached hydrogens (tertiary/aromatic N) is 1. The lowest BCUT2D eigenvalue weighted by molar-refractivity contribution is -0.271. The van der Waals surface area contributed by atoms with Gasteiger partial charge in [0.25, 0.3) is 0 Å². The molecule has 2 heterocycles. The standard InChI is InChI=1S/C21H16Br2FNO9/c1-2-7-10(22)13(26)11(23)12-17(7)33-19(25-12)6-3-4-9(8(24)5-6)32-21-16(29)14(27)15(28)18(34-21)20(30)31/h2-5,14-16,18,21,26-29H,1H2,(H,30,31)/t14-,15-,16+,18-,21+/m0/s1. The molecular weight excluding hydrogens is 589 g/mol. The first-order valence-corrected chi connectivity index (χ1v) is 11.2.